The van der Waals surface area contributed by atoms with Gasteiger partial charge in [-0.05, 0) is 31.4 Å². The Morgan fingerprint density at radius 3 is 2.08 bits per heavy atom. The van der Waals surface area contributed by atoms with Gasteiger partial charge in [-0.25, -0.2) is 0 Å². The molecule has 1 aliphatic heterocycles. The van der Waals surface area contributed by atoms with Gasteiger partial charge < -0.3 is 50.8 Å². The molecular weight excluding hydrogens is 632 g/mol. The average Bonchev–Trinajstić information content (AvgIpc) is 3.07. The topological polar surface area (TPSA) is 225 Å². The van der Waals surface area contributed by atoms with Gasteiger partial charge in [-0.1, -0.05) is 60.7 Å². The highest BCUT2D eigenvalue weighted by Crippen LogP contribution is 2.26. The maximum atomic E-state index is 13.1. The molecule has 0 spiro atoms. The van der Waals surface area contributed by atoms with Crippen LogP contribution in [0.1, 0.15) is 44.7 Å². The van der Waals surface area contributed by atoms with E-state index in [1.807, 2.05) is 36.4 Å². The number of aliphatic hydroxyl groups is 2. The molecule has 0 radical (unpaired) electrons. The zero-order valence-corrected chi connectivity index (χ0v) is 27.1. The summed E-state index contributed by atoms with van der Waals surface area (Å²) in [5.41, 5.74) is 7.02. The van der Waals surface area contributed by atoms with Crippen LogP contribution in [0.2, 0.25) is 0 Å². The molecule has 48 heavy (non-hydrogen) atoms. The van der Waals surface area contributed by atoms with Crippen LogP contribution in [-0.4, -0.2) is 95.2 Å². The van der Waals surface area contributed by atoms with Gasteiger partial charge in [0.2, 0.25) is 23.6 Å². The first-order chi connectivity index (χ1) is 22.9. The summed E-state index contributed by atoms with van der Waals surface area (Å²) in [6.07, 6.45) is -6.68. The van der Waals surface area contributed by atoms with Gasteiger partial charge in [-0.15, -0.1) is 0 Å². The fraction of sp³-hybridized carbons (Fsp3) is 0.485. The van der Waals surface area contributed by atoms with Crippen molar-refractivity contribution in [3.8, 4) is 0 Å². The highest BCUT2D eigenvalue weighted by molar-refractivity contribution is 5.92. The Kier molecular flexibility index (Phi) is 14.9. The van der Waals surface area contributed by atoms with E-state index in [4.69, 9.17) is 24.7 Å². The van der Waals surface area contributed by atoms with Gasteiger partial charge in [0, 0.05) is 13.3 Å². The fourth-order valence-electron chi connectivity index (χ4n) is 4.86. The van der Waals surface area contributed by atoms with Crippen molar-refractivity contribution >= 4 is 29.6 Å². The number of amides is 4. The lowest BCUT2D eigenvalue weighted by Gasteiger charge is -2.44. The Balaban J connectivity index is 1.58. The molecule has 262 valence electrons. The summed E-state index contributed by atoms with van der Waals surface area (Å²) in [7, 11) is 0. The van der Waals surface area contributed by atoms with Crippen molar-refractivity contribution in [3.63, 3.8) is 0 Å². The number of ether oxygens (including phenoxy) is 4. The minimum absolute atomic E-state index is 0.0507. The summed E-state index contributed by atoms with van der Waals surface area (Å²) in [5, 5.41) is 28.4. The Labute approximate surface area is 278 Å². The second-order valence-electron chi connectivity index (χ2n) is 11.4. The highest BCUT2D eigenvalue weighted by Gasteiger charge is 2.48. The molecule has 1 fully saturated rings. The normalized spacial score (nSPS) is 22.4. The van der Waals surface area contributed by atoms with E-state index in [0.29, 0.717) is 0 Å². The monoisotopic (exact) mass is 676 g/mol. The molecule has 0 unspecified atom stereocenters. The molecule has 15 heteroatoms. The summed E-state index contributed by atoms with van der Waals surface area (Å²) in [4.78, 5) is 62.2. The van der Waals surface area contributed by atoms with Crippen LogP contribution >= 0.6 is 0 Å². The number of hydrogen-bond donors (Lipinski definition) is 6. The minimum atomic E-state index is -1.48. The van der Waals surface area contributed by atoms with Crippen LogP contribution in [0, 0.1) is 0 Å². The second kappa shape index (κ2) is 18.8. The van der Waals surface area contributed by atoms with E-state index in [0.717, 1.165) is 11.1 Å². The highest BCUT2D eigenvalue weighted by atomic mass is 16.7. The summed E-state index contributed by atoms with van der Waals surface area (Å²) in [5.74, 6) is -3.48. The molecule has 0 bridgehead atoms. The van der Waals surface area contributed by atoms with Crippen LogP contribution in [0.4, 0.5) is 0 Å². The molecule has 1 heterocycles. The molecule has 0 aromatic heterocycles. The van der Waals surface area contributed by atoms with E-state index >= 15 is 0 Å². The van der Waals surface area contributed by atoms with Crippen LogP contribution in [0.25, 0.3) is 0 Å². The quantitative estimate of drug-likeness (QED) is 0.0716. The molecular formula is C33H44N4O11. The minimum Gasteiger partial charge on any atom is -0.461 e. The van der Waals surface area contributed by atoms with Crippen molar-refractivity contribution in [2.24, 2.45) is 5.73 Å². The summed E-state index contributed by atoms with van der Waals surface area (Å²) in [6, 6.07) is 14.6. The SMILES string of the molecule is CC(=O)N[C@H]1[C@@H](OCc2ccccc2)O[C@H](CO)[C@@H](O)[C@@H]1O[C@H](C)C(=O)[15NH][13C@@H]([13CH3])[13C](=O)N[C@@H](CCC(=O)OCc1ccccc1)C(N)=O. The number of nitrogens with one attached hydrogen (secondary N) is 3. The van der Waals surface area contributed by atoms with Gasteiger partial charge in [0.15, 0.2) is 6.29 Å². The average molecular weight is 677 g/mol. The lowest BCUT2D eigenvalue weighted by molar-refractivity contribution is -0.283. The van der Waals surface area contributed by atoms with Gasteiger partial charge in [0.25, 0.3) is 0 Å². The molecule has 3 rings (SSSR count). The molecule has 4 amide bonds. The lowest BCUT2D eigenvalue weighted by atomic mass is 9.96. The Bertz CT molecular complexity index is 1360. The molecule has 1 saturated heterocycles. The van der Waals surface area contributed by atoms with E-state index < -0.39 is 85.0 Å². The predicted octanol–water partition coefficient (Wildman–Crippen LogP) is -0.442. The maximum Gasteiger partial charge on any atom is 0.306 e. The third kappa shape index (κ3) is 11.7. The van der Waals surface area contributed by atoms with Crippen molar-refractivity contribution in [2.45, 2.75) is 95.7 Å². The van der Waals surface area contributed by atoms with E-state index in [1.54, 1.807) is 24.3 Å². The number of carbonyl (C=O) groups excluding carboxylic acids is 5. The van der Waals surface area contributed by atoms with Gasteiger partial charge in [0.1, 0.15) is 49.1 Å². The van der Waals surface area contributed by atoms with Crippen LogP contribution < -0.4 is 21.7 Å². The van der Waals surface area contributed by atoms with Crippen molar-refractivity contribution in [1.29, 1.82) is 0 Å². The van der Waals surface area contributed by atoms with Crippen molar-refractivity contribution in [2.75, 3.05) is 6.61 Å². The smallest absolute Gasteiger partial charge is 0.306 e. The van der Waals surface area contributed by atoms with Crippen LogP contribution in [-0.2, 0) is 56.1 Å². The zero-order chi connectivity index (χ0) is 35.2. The largest absolute Gasteiger partial charge is 0.461 e. The number of rotatable bonds is 17. The first-order valence-corrected chi connectivity index (χ1v) is 15.5. The standard InChI is InChI=1S/C33H44N4O11/c1-19(31(43)37-24(30(34)42)14-15-26(40)45-17-22-10-6-4-7-11-22)35-32(44)20(2)47-29-27(36-21(3)39)33(48-25(16-38)28(29)41)46-18-23-12-8-5-9-13-23/h4-13,19-20,24-25,27-29,33,38,41H,14-18H2,1-3H3,(H2,34,42)(H,35,44)(H,36,39)(H,37,43)/t19-,20+,24-,25+,27+,28+,29+,33-/m0/s1/i1+1,19+1,31+1,35+1. The van der Waals surface area contributed by atoms with Gasteiger partial charge in [0.05, 0.1) is 13.2 Å². The third-order valence-corrected chi connectivity index (χ3v) is 7.50. The number of carbonyl (C=O) groups is 5. The molecule has 7 N–H and O–H groups in total. The Morgan fingerprint density at radius 1 is 0.917 bits per heavy atom. The molecule has 8 atom stereocenters. The molecule has 1 aliphatic rings. The molecule has 2 aromatic carbocycles. The van der Waals surface area contributed by atoms with Gasteiger partial charge in [-0.2, -0.15) is 0 Å². The number of benzene rings is 2. The molecule has 0 saturated carbocycles. The molecule has 15 nitrogen and oxygen atoms in total. The summed E-state index contributed by atoms with van der Waals surface area (Å²) >= 11 is 0. The van der Waals surface area contributed by atoms with E-state index in [9.17, 15) is 34.2 Å². The van der Waals surface area contributed by atoms with Crippen molar-refractivity contribution in [1.82, 2.24) is 16.0 Å². The number of hydrogen-bond acceptors (Lipinski definition) is 11. The van der Waals surface area contributed by atoms with E-state index in [2.05, 4.69) is 16.0 Å². The van der Waals surface area contributed by atoms with Crippen molar-refractivity contribution in [3.05, 3.63) is 71.8 Å². The Morgan fingerprint density at radius 2 is 1.52 bits per heavy atom. The number of nitrogens with two attached hydrogens (primary N) is 1. The van der Waals surface area contributed by atoms with Crippen LogP contribution in [0.3, 0.4) is 0 Å². The van der Waals surface area contributed by atoms with Gasteiger partial charge in [-0.3, -0.25) is 24.0 Å². The first kappa shape index (κ1) is 38.0. The number of aliphatic hydroxyl groups excluding tert-OH is 2. The summed E-state index contributed by atoms with van der Waals surface area (Å²) < 4.78 is 22.7. The van der Waals surface area contributed by atoms with E-state index in [-0.39, 0.29) is 26.1 Å². The van der Waals surface area contributed by atoms with Crippen LogP contribution in [0.15, 0.2) is 60.7 Å². The van der Waals surface area contributed by atoms with Crippen LogP contribution in [0.5, 0.6) is 0 Å². The molecule has 2 aromatic rings. The predicted molar refractivity (Wildman–Crippen MR) is 169 cm³/mol. The number of primary amides is 1. The van der Waals surface area contributed by atoms with Crippen molar-refractivity contribution < 1.29 is 53.1 Å². The second-order valence-corrected chi connectivity index (χ2v) is 11.4. The zero-order valence-electron chi connectivity index (χ0n) is 27.1. The van der Waals surface area contributed by atoms with E-state index in [1.165, 1.54) is 20.8 Å². The molecule has 0 aliphatic carbocycles. The Hall–Kier alpha value is -4.41. The van der Waals surface area contributed by atoms with Gasteiger partial charge >= 0.3 is 5.97 Å². The fourth-order valence-corrected chi connectivity index (χ4v) is 4.86. The first-order valence-electron chi connectivity index (χ1n) is 15.5. The lowest BCUT2D eigenvalue weighted by Crippen LogP contribution is -2.66. The third-order valence-electron chi connectivity index (χ3n) is 7.50. The number of esters is 1. The summed E-state index contributed by atoms with van der Waals surface area (Å²) in [6.45, 7) is 3.50. The maximum absolute atomic E-state index is 13.1.